The Kier molecular flexibility index (Phi) is 5.13. The summed E-state index contributed by atoms with van der Waals surface area (Å²) in [6.45, 7) is 0. The van der Waals surface area contributed by atoms with Gasteiger partial charge in [0.25, 0.3) is 0 Å². The Balaban J connectivity index is 1.34. The topological polar surface area (TPSA) is 104 Å². The van der Waals surface area contributed by atoms with Gasteiger partial charge < -0.3 is 19.7 Å². The highest BCUT2D eigenvalue weighted by atomic mass is 16.4. The van der Waals surface area contributed by atoms with Crippen LogP contribution in [-0.2, 0) is 11.2 Å². The number of benzene rings is 3. The van der Waals surface area contributed by atoms with Crippen LogP contribution in [0.2, 0.25) is 0 Å². The van der Waals surface area contributed by atoms with E-state index in [0.717, 1.165) is 16.8 Å². The van der Waals surface area contributed by atoms with Gasteiger partial charge in [-0.1, -0.05) is 60.7 Å². The maximum atomic E-state index is 12.5. The number of oxazole rings is 1. The second-order valence-electron chi connectivity index (χ2n) is 7.41. The lowest BCUT2D eigenvalue weighted by Crippen LogP contribution is -2.12. The zero-order valence-electron chi connectivity index (χ0n) is 17.1. The average molecular weight is 424 g/mol. The SMILES string of the molecule is O=C(CCc1nc(-c2ccccc2)c(-c2ccccc2)o1)Nc1ccc2[nH]c(=O)[nH]c2c1. The quantitative estimate of drug-likeness (QED) is 0.366. The number of carbonyl (C=O) groups is 1. The van der Waals surface area contributed by atoms with Crippen molar-refractivity contribution in [2.24, 2.45) is 0 Å². The highest BCUT2D eigenvalue weighted by Crippen LogP contribution is 2.32. The summed E-state index contributed by atoms with van der Waals surface area (Å²) in [4.78, 5) is 33.9. The molecule has 5 aromatic rings. The molecule has 5 rings (SSSR count). The first-order valence-electron chi connectivity index (χ1n) is 10.3. The van der Waals surface area contributed by atoms with E-state index in [1.54, 1.807) is 18.2 Å². The van der Waals surface area contributed by atoms with Gasteiger partial charge in [-0.15, -0.1) is 0 Å². The van der Waals surface area contributed by atoms with Crippen molar-refractivity contribution in [2.45, 2.75) is 12.8 Å². The van der Waals surface area contributed by atoms with Gasteiger partial charge in [0.05, 0.1) is 11.0 Å². The largest absolute Gasteiger partial charge is 0.440 e. The lowest BCUT2D eigenvalue weighted by Gasteiger charge is -2.04. The standard InChI is InChI=1S/C25H20N4O3/c30-21(26-18-11-12-19-20(15-18)28-25(31)27-19)13-14-22-29-23(16-7-3-1-4-8-16)24(32-22)17-9-5-2-6-10-17/h1-12,15H,13-14H2,(H,26,30)(H2,27,28,31). The van der Waals surface area contributed by atoms with Crippen molar-refractivity contribution in [1.82, 2.24) is 15.0 Å². The third-order valence-electron chi connectivity index (χ3n) is 5.12. The van der Waals surface area contributed by atoms with Crippen molar-refractivity contribution in [2.75, 3.05) is 5.32 Å². The van der Waals surface area contributed by atoms with Crippen LogP contribution in [0.1, 0.15) is 12.3 Å². The molecule has 0 aliphatic carbocycles. The molecule has 0 spiro atoms. The Bertz CT molecular complexity index is 1380. The fourth-order valence-electron chi connectivity index (χ4n) is 3.60. The number of nitrogens with zero attached hydrogens (tertiary/aromatic N) is 1. The van der Waals surface area contributed by atoms with Crippen molar-refractivity contribution >= 4 is 22.6 Å². The molecule has 0 fully saturated rings. The molecule has 3 aromatic carbocycles. The molecule has 0 saturated carbocycles. The highest BCUT2D eigenvalue weighted by molar-refractivity contribution is 5.93. The minimum absolute atomic E-state index is 0.164. The van der Waals surface area contributed by atoms with Gasteiger partial charge in [0.2, 0.25) is 5.91 Å². The predicted molar refractivity (Wildman–Crippen MR) is 123 cm³/mol. The molecule has 0 aliphatic rings. The summed E-state index contributed by atoms with van der Waals surface area (Å²) in [5, 5.41) is 2.85. The third-order valence-corrected chi connectivity index (χ3v) is 5.12. The van der Waals surface area contributed by atoms with E-state index in [9.17, 15) is 9.59 Å². The van der Waals surface area contributed by atoms with Gasteiger partial charge in [-0.3, -0.25) is 4.79 Å². The molecule has 0 aliphatic heterocycles. The molecule has 0 unspecified atom stereocenters. The van der Waals surface area contributed by atoms with Gasteiger partial charge in [0.15, 0.2) is 11.7 Å². The normalized spacial score (nSPS) is 11.0. The van der Waals surface area contributed by atoms with Crippen molar-refractivity contribution in [3.05, 3.63) is 95.2 Å². The molecular formula is C25H20N4O3. The maximum Gasteiger partial charge on any atom is 0.323 e. The number of carbonyl (C=O) groups excluding carboxylic acids is 1. The lowest BCUT2D eigenvalue weighted by atomic mass is 10.1. The van der Waals surface area contributed by atoms with Crippen LogP contribution in [0.4, 0.5) is 5.69 Å². The van der Waals surface area contributed by atoms with Crippen molar-refractivity contribution < 1.29 is 9.21 Å². The van der Waals surface area contributed by atoms with Crippen LogP contribution in [0.25, 0.3) is 33.6 Å². The molecule has 1 amide bonds. The molecule has 3 N–H and O–H groups in total. The number of fused-ring (bicyclic) bond motifs is 1. The summed E-state index contributed by atoms with van der Waals surface area (Å²) in [6, 6.07) is 24.9. The van der Waals surface area contributed by atoms with Gasteiger partial charge in [-0.2, -0.15) is 0 Å². The number of anilines is 1. The van der Waals surface area contributed by atoms with Crippen LogP contribution >= 0.6 is 0 Å². The molecule has 0 saturated heterocycles. The van der Waals surface area contributed by atoms with Gasteiger partial charge in [0, 0.05) is 29.7 Å². The average Bonchev–Trinajstić information content (AvgIpc) is 3.41. The third kappa shape index (κ3) is 4.09. The van der Waals surface area contributed by atoms with E-state index in [0.29, 0.717) is 34.8 Å². The first-order chi connectivity index (χ1) is 15.7. The van der Waals surface area contributed by atoms with Crippen LogP contribution in [-0.4, -0.2) is 20.9 Å². The number of imidazole rings is 1. The molecule has 158 valence electrons. The molecule has 32 heavy (non-hydrogen) atoms. The van der Waals surface area contributed by atoms with Crippen molar-refractivity contribution in [3.8, 4) is 22.6 Å². The second-order valence-corrected chi connectivity index (χ2v) is 7.41. The summed E-state index contributed by atoms with van der Waals surface area (Å²) in [5.41, 5.74) is 4.31. The van der Waals surface area contributed by atoms with E-state index >= 15 is 0 Å². The number of H-pyrrole nitrogens is 2. The van der Waals surface area contributed by atoms with E-state index in [-0.39, 0.29) is 18.0 Å². The molecule has 7 nitrogen and oxygen atoms in total. The Hall–Kier alpha value is -4.39. The molecular weight excluding hydrogens is 404 g/mol. The van der Waals surface area contributed by atoms with E-state index in [1.807, 2.05) is 60.7 Å². The first-order valence-corrected chi connectivity index (χ1v) is 10.3. The number of aryl methyl sites for hydroxylation is 1. The van der Waals surface area contributed by atoms with E-state index in [4.69, 9.17) is 4.42 Å². The number of hydrogen-bond donors (Lipinski definition) is 3. The fourth-order valence-corrected chi connectivity index (χ4v) is 3.60. The highest BCUT2D eigenvalue weighted by Gasteiger charge is 2.17. The lowest BCUT2D eigenvalue weighted by molar-refractivity contribution is -0.116. The van der Waals surface area contributed by atoms with Crippen LogP contribution in [0, 0.1) is 0 Å². The minimum atomic E-state index is -0.282. The monoisotopic (exact) mass is 424 g/mol. The smallest absolute Gasteiger partial charge is 0.323 e. The second kappa shape index (κ2) is 8.39. The molecule has 7 heteroatoms. The van der Waals surface area contributed by atoms with Crippen LogP contribution < -0.4 is 11.0 Å². The van der Waals surface area contributed by atoms with Gasteiger partial charge in [-0.25, -0.2) is 9.78 Å². The Morgan fingerprint density at radius 1 is 0.875 bits per heavy atom. The first kappa shape index (κ1) is 19.6. The number of aromatic amines is 2. The molecule has 2 aromatic heterocycles. The number of nitrogens with one attached hydrogen (secondary N) is 3. The zero-order chi connectivity index (χ0) is 21.9. The Morgan fingerprint density at radius 3 is 2.31 bits per heavy atom. The molecule has 0 bridgehead atoms. The van der Waals surface area contributed by atoms with Gasteiger partial charge in [-0.05, 0) is 18.2 Å². The molecule has 0 radical (unpaired) electrons. The van der Waals surface area contributed by atoms with Crippen molar-refractivity contribution in [3.63, 3.8) is 0 Å². The number of aromatic nitrogens is 3. The van der Waals surface area contributed by atoms with Crippen molar-refractivity contribution in [1.29, 1.82) is 0 Å². The fraction of sp³-hybridized carbons (Fsp3) is 0.0800. The number of amides is 1. The van der Waals surface area contributed by atoms with Gasteiger partial charge >= 0.3 is 5.69 Å². The number of hydrogen-bond acceptors (Lipinski definition) is 4. The summed E-state index contributed by atoms with van der Waals surface area (Å²) < 4.78 is 6.08. The Labute approximate surface area is 183 Å². The number of rotatable bonds is 6. The predicted octanol–water partition coefficient (Wildman–Crippen LogP) is 4.75. The summed E-state index contributed by atoms with van der Waals surface area (Å²) in [5.74, 6) is 1.03. The summed E-state index contributed by atoms with van der Waals surface area (Å²) in [6.07, 6.45) is 0.576. The van der Waals surface area contributed by atoms with E-state index < -0.39 is 0 Å². The minimum Gasteiger partial charge on any atom is -0.440 e. The summed E-state index contributed by atoms with van der Waals surface area (Å²) >= 11 is 0. The Morgan fingerprint density at radius 2 is 1.56 bits per heavy atom. The molecule has 2 heterocycles. The zero-order valence-corrected chi connectivity index (χ0v) is 17.1. The van der Waals surface area contributed by atoms with Crippen LogP contribution in [0.3, 0.4) is 0 Å². The van der Waals surface area contributed by atoms with Crippen LogP contribution in [0.15, 0.2) is 88.1 Å². The summed E-state index contributed by atoms with van der Waals surface area (Å²) in [7, 11) is 0. The van der Waals surface area contributed by atoms with E-state index in [1.165, 1.54) is 0 Å². The van der Waals surface area contributed by atoms with E-state index in [2.05, 4.69) is 20.3 Å². The molecule has 0 atom stereocenters. The maximum absolute atomic E-state index is 12.5. The van der Waals surface area contributed by atoms with Gasteiger partial charge in [0.1, 0.15) is 5.69 Å². The van der Waals surface area contributed by atoms with Crippen LogP contribution in [0.5, 0.6) is 0 Å².